The molecule has 5 nitrogen and oxygen atoms in total. The number of hydrogen-bond donors (Lipinski definition) is 2. The molecule has 2 heterocycles. The third kappa shape index (κ3) is 3.47. The van der Waals surface area contributed by atoms with E-state index in [1.54, 1.807) is 0 Å². The van der Waals surface area contributed by atoms with Crippen molar-refractivity contribution in [3.63, 3.8) is 0 Å². The number of carbonyl (C=O) groups is 2. The van der Waals surface area contributed by atoms with E-state index in [0.29, 0.717) is 11.9 Å². The molecule has 2 N–H and O–H groups in total. The summed E-state index contributed by atoms with van der Waals surface area (Å²) in [7, 11) is 0. The fourth-order valence-corrected chi connectivity index (χ4v) is 7.48. The number of amides is 2. The molecule has 0 aromatic carbocycles. The number of carbonyl (C=O) groups excluding carboxylic acids is 2. The standard InChI is InChI=1S/C22H35N3O2.ClH/c1-14-18(4-2-6-23-14)24-20(26)19-5-3-7-25(19)21(27)22-11-15-8-16(12-22)10-17(9-15)13-22;/h14-19,23H,2-13H2,1H3,(H,24,26);1H. The average Bonchev–Trinajstić information content (AvgIpc) is 3.11. The van der Waals surface area contributed by atoms with Gasteiger partial charge in [0.15, 0.2) is 0 Å². The highest BCUT2D eigenvalue weighted by Crippen LogP contribution is 2.60. The van der Waals surface area contributed by atoms with Crippen LogP contribution in [0.4, 0.5) is 0 Å². The Balaban J connectivity index is 0.00000192. The monoisotopic (exact) mass is 409 g/mol. The van der Waals surface area contributed by atoms with Crippen molar-refractivity contribution in [2.45, 2.75) is 89.3 Å². The zero-order chi connectivity index (χ0) is 18.6. The quantitative estimate of drug-likeness (QED) is 0.753. The summed E-state index contributed by atoms with van der Waals surface area (Å²) in [5.74, 6) is 2.72. The predicted molar refractivity (Wildman–Crippen MR) is 111 cm³/mol. The molecule has 3 unspecified atom stereocenters. The van der Waals surface area contributed by atoms with Crippen LogP contribution < -0.4 is 10.6 Å². The molecule has 158 valence electrons. The third-order valence-corrected chi connectivity index (χ3v) is 8.40. The first-order valence-electron chi connectivity index (χ1n) is 11.4. The minimum atomic E-state index is -0.236. The summed E-state index contributed by atoms with van der Waals surface area (Å²) in [6.07, 6.45) is 11.3. The summed E-state index contributed by atoms with van der Waals surface area (Å²) in [4.78, 5) is 28.8. The van der Waals surface area contributed by atoms with Gasteiger partial charge in [0.1, 0.15) is 6.04 Å². The van der Waals surface area contributed by atoms with Crippen molar-refractivity contribution in [3.8, 4) is 0 Å². The van der Waals surface area contributed by atoms with E-state index in [2.05, 4.69) is 17.6 Å². The molecule has 3 atom stereocenters. The number of piperidine rings is 1. The lowest BCUT2D eigenvalue weighted by Crippen LogP contribution is -2.59. The van der Waals surface area contributed by atoms with Gasteiger partial charge < -0.3 is 15.5 Å². The Morgan fingerprint density at radius 1 is 1.00 bits per heavy atom. The number of nitrogens with zero attached hydrogens (tertiary/aromatic N) is 1. The number of likely N-dealkylation sites (tertiary alicyclic amines) is 1. The topological polar surface area (TPSA) is 61.4 Å². The van der Waals surface area contributed by atoms with Crippen molar-refractivity contribution < 1.29 is 9.59 Å². The molecule has 6 heteroatoms. The summed E-state index contributed by atoms with van der Waals surface area (Å²) in [6, 6.07) is 0.277. The molecule has 0 aromatic rings. The SMILES string of the molecule is CC1NCCCC1NC(=O)C1CCCN1C(=O)C12CC3CC(CC(C3)C1)C2.Cl. The van der Waals surface area contributed by atoms with Gasteiger partial charge in [-0.1, -0.05) is 0 Å². The Kier molecular flexibility index (Phi) is 5.69. The maximum atomic E-state index is 13.7. The van der Waals surface area contributed by atoms with Crippen molar-refractivity contribution in [3.05, 3.63) is 0 Å². The van der Waals surface area contributed by atoms with Crippen molar-refractivity contribution in [1.29, 1.82) is 0 Å². The molecule has 4 aliphatic carbocycles. The molecule has 6 rings (SSSR count). The number of nitrogens with one attached hydrogen (secondary N) is 2. The molecule has 28 heavy (non-hydrogen) atoms. The summed E-state index contributed by atoms with van der Waals surface area (Å²) >= 11 is 0. The van der Waals surface area contributed by atoms with Gasteiger partial charge in [-0.05, 0) is 95.4 Å². The summed E-state index contributed by atoms with van der Waals surface area (Å²) in [5, 5.41) is 6.73. The van der Waals surface area contributed by atoms with E-state index in [1.165, 1.54) is 19.3 Å². The van der Waals surface area contributed by atoms with E-state index in [4.69, 9.17) is 0 Å². The lowest BCUT2D eigenvalue weighted by atomic mass is 9.49. The van der Waals surface area contributed by atoms with Crippen LogP contribution >= 0.6 is 12.4 Å². The molecule has 6 aliphatic rings. The lowest BCUT2D eigenvalue weighted by molar-refractivity contribution is -0.160. The minimum absolute atomic E-state index is 0. The molecule has 2 saturated heterocycles. The highest BCUT2D eigenvalue weighted by Gasteiger charge is 2.56. The normalized spacial score (nSPS) is 44.2. The average molecular weight is 410 g/mol. The number of rotatable bonds is 3. The van der Waals surface area contributed by atoms with Gasteiger partial charge in [0, 0.05) is 18.6 Å². The fraction of sp³-hybridized carbons (Fsp3) is 0.909. The highest BCUT2D eigenvalue weighted by atomic mass is 35.5. The Labute approximate surface area is 175 Å². The summed E-state index contributed by atoms with van der Waals surface area (Å²) in [6.45, 7) is 3.96. The minimum Gasteiger partial charge on any atom is -0.350 e. The second-order valence-corrected chi connectivity index (χ2v) is 10.4. The molecule has 0 spiro atoms. The van der Waals surface area contributed by atoms with Crippen LogP contribution in [-0.2, 0) is 9.59 Å². The van der Waals surface area contributed by atoms with Gasteiger partial charge in [0.05, 0.1) is 5.41 Å². The molecule has 0 radical (unpaired) electrons. The largest absolute Gasteiger partial charge is 0.350 e. The Hall–Kier alpha value is -0.810. The van der Waals surface area contributed by atoms with Gasteiger partial charge in [0.2, 0.25) is 11.8 Å². The van der Waals surface area contributed by atoms with E-state index in [1.807, 2.05) is 4.90 Å². The van der Waals surface area contributed by atoms with E-state index in [9.17, 15) is 9.59 Å². The predicted octanol–water partition coefficient (Wildman–Crippen LogP) is 2.87. The molecule has 2 aliphatic heterocycles. The third-order valence-electron chi connectivity index (χ3n) is 8.40. The molecular formula is C22H36ClN3O2. The smallest absolute Gasteiger partial charge is 0.243 e. The first-order chi connectivity index (χ1) is 13.0. The van der Waals surface area contributed by atoms with Crippen molar-refractivity contribution in [2.24, 2.45) is 23.2 Å². The van der Waals surface area contributed by atoms with Gasteiger partial charge in [-0.3, -0.25) is 9.59 Å². The van der Waals surface area contributed by atoms with Gasteiger partial charge in [-0.25, -0.2) is 0 Å². The van der Waals surface area contributed by atoms with Crippen molar-refractivity contribution in [2.75, 3.05) is 13.1 Å². The van der Waals surface area contributed by atoms with Crippen LogP contribution in [0.5, 0.6) is 0 Å². The zero-order valence-corrected chi connectivity index (χ0v) is 17.9. The Morgan fingerprint density at radius 2 is 1.64 bits per heavy atom. The zero-order valence-electron chi connectivity index (χ0n) is 17.1. The van der Waals surface area contributed by atoms with Crippen LogP contribution in [-0.4, -0.2) is 47.9 Å². The van der Waals surface area contributed by atoms with Crippen LogP contribution in [0.25, 0.3) is 0 Å². The van der Waals surface area contributed by atoms with Crippen LogP contribution in [0.15, 0.2) is 0 Å². The first kappa shape index (κ1) is 20.5. The number of halogens is 1. The van der Waals surface area contributed by atoms with Crippen LogP contribution in [0.1, 0.15) is 71.1 Å². The van der Waals surface area contributed by atoms with Crippen molar-refractivity contribution >= 4 is 24.2 Å². The Morgan fingerprint density at radius 3 is 2.25 bits per heavy atom. The van der Waals surface area contributed by atoms with E-state index in [0.717, 1.165) is 75.8 Å². The molecule has 6 fully saturated rings. The van der Waals surface area contributed by atoms with Crippen molar-refractivity contribution in [1.82, 2.24) is 15.5 Å². The van der Waals surface area contributed by atoms with Gasteiger partial charge in [-0.2, -0.15) is 0 Å². The number of hydrogen-bond acceptors (Lipinski definition) is 3. The molecular weight excluding hydrogens is 374 g/mol. The highest BCUT2D eigenvalue weighted by molar-refractivity contribution is 5.91. The second kappa shape index (κ2) is 7.79. The maximum absolute atomic E-state index is 13.7. The van der Waals surface area contributed by atoms with Crippen LogP contribution in [0.2, 0.25) is 0 Å². The van der Waals surface area contributed by atoms with E-state index < -0.39 is 0 Å². The first-order valence-corrected chi connectivity index (χ1v) is 11.4. The summed E-state index contributed by atoms with van der Waals surface area (Å²) < 4.78 is 0. The molecule has 4 bridgehead atoms. The van der Waals surface area contributed by atoms with E-state index >= 15 is 0 Å². The van der Waals surface area contributed by atoms with E-state index in [-0.39, 0.29) is 35.8 Å². The van der Waals surface area contributed by atoms with Crippen LogP contribution in [0.3, 0.4) is 0 Å². The molecule has 0 aromatic heterocycles. The summed E-state index contributed by atoms with van der Waals surface area (Å²) in [5.41, 5.74) is -0.128. The molecule has 4 saturated carbocycles. The fourth-order valence-electron chi connectivity index (χ4n) is 7.48. The second-order valence-electron chi connectivity index (χ2n) is 10.4. The maximum Gasteiger partial charge on any atom is 0.243 e. The van der Waals surface area contributed by atoms with Gasteiger partial charge >= 0.3 is 0 Å². The lowest BCUT2D eigenvalue weighted by Gasteiger charge is -2.56. The van der Waals surface area contributed by atoms with Gasteiger partial charge in [0.25, 0.3) is 0 Å². The molecule has 2 amide bonds. The Bertz CT molecular complexity index is 590. The van der Waals surface area contributed by atoms with Crippen LogP contribution in [0, 0.1) is 23.2 Å². The van der Waals surface area contributed by atoms with Gasteiger partial charge in [-0.15, -0.1) is 12.4 Å².